The fourth-order valence-electron chi connectivity index (χ4n) is 2.23. The van der Waals surface area contributed by atoms with Crippen LogP contribution in [-0.2, 0) is 13.0 Å². The second-order valence-corrected chi connectivity index (χ2v) is 5.09. The molecule has 0 saturated carbocycles. The molecule has 0 atom stereocenters. The van der Waals surface area contributed by atoms with Crippen molar-refractivity contribution in [1.82, 2.24) is 0 Å². The third-order valence-corrected chi connectivity index (χ3v) is 3.55. The minimum absolute atomic E-state index is 0.417. The third kappa shape index (κ3) is 3.19. The number of nitrogens with zero attached hydrogens (tertiary/aromatic N) is 1. The van der Waals surface area contributed by atoms with Gasteiger partial charge in [0, 0.05) is 0 Å². The van der Waals surface area contributed by atoms with Crippen LogP contribution in [0, 0.1) is 32.1 Å². The van der Waals surface area contributed by atoms with Crippen molar-refractivity contribution in [2.24, 2.45) is 0 Å². The number of hydrogen-bond donors (Lipinski definition) is 0. The predicted octanol–water partition coefficient (Wildman–Crippen LogP) is 4.26. The fourth-order valence-corrected chi connectivity index (χ4v) is 2.23. The van der Waals surface area contributed by atoms with Crippen molar-refractivity contribution in [3.63, 3.8) is 0 Å². The van der Waals surface area contributed by atoms with Crippen molar-refractivity contribution >= 4 is 0 Å². The van der Waals surface area contributed by atoms with E-state index in [9.17, 15) is 0 Å². The second-order valence-electron chi connectivity index (χ2n) is 5.09. The molecule has 0 aliphatic carbocycles. The quantitative estimate of drug-likeness (QED) is 0.827. The molecule has 2 heteroatoms. The summed E-state index contributed by atoms with van der Waals surface area (Å²) < 4.78 is 5.96. The largest absolute Gasteiger partial charge is 0.489 e. The molecule has 0 aliphatic rings. The van der Waals surface area contributed by atoms with Gasteiger partial charge in [0.25, 0.3) is 0 Å². The van der Waals surface area contributed by atoms with Gasteiger partial charge in [-0.15, -0.1) is 0 Å². The number of ether oxygens (including phenoxy) is 1. The lowest BCUT2D eigenvalue weighted by atomic mass is 10.0. The molecule has 0 unspecified atom stereocenters. The number of benzene rings is 2. The van der Waals surface area contributed by atoms with Gasteiger partial charge in [0.1, 0.15) is 12.4 Å². The first kappa shape index (κ1) is 14.1. The number of aryl methyl sites for hydroxylation is 3. The Kier molecular flexibility index (Phi) is 4.42. The minimum Gasteiger partial charge on any atom is -0.489 e. The van der Waals surface area contributed by atoms with E-state index in [2.05, 4.69) is 38.1 Å². The van der Waals surface area contributed by atoms with E-state index in [0.29, 0.717) is 13.0 Å². The average molecular weight is 265 g/mol. The van der Waals surface area contributed by atoms with Crippen molar-refractivity contribution in [1.29, 1.82) is 5.26 Å². The van der Waals surface area contributed by atoms with Crippen LogP contribution in [0.15, 0.2) is 36.4 Å². The number of hydrogen-bond acceptors (Lipinski definition) is 2. The summed E-state index contributed by atoms with van der Waals surface area (Å²) in [6.45, 7) is 6.79. The van der Waals surface area contributed by atoms with E-state index in [0.717, 1.165) is 16.9 Å². The lowest BCUT2D eigenvalue weighted by Crippen LogP contribution is -2.02. The molecule has 2 aromatic carbocycles. The van der Waals surface area contributed by atoms with Crippen LogP contribution < -0.4 is 4.74 Å². The second kappa shape index (κ2) is 6.25. The van der Waals surface area contributed by atoms with Gasteiger partial charge in [-0.25, -0.2) is 0 Å². The summed E-state index contributed by atoms with van der Waals surface area (Å²) >= 11 is 0. The lowest BCUT2D eigenvalue weighted by molar-refractivity contribution is 0.302. The molecular weight excluding hydrogens is 246 g/mol. The maximum atomic E-state index is 8.77. The molecule has 0 spiro atoms. The Morgan fingerprint density at radius 2 is 1.70 bits per heavy atom. The van der Waals surface area contributed by atoms with Crippen molar-refractivity contribution in [2.75, 3.05) is 0 Å². The smallest absolute Gasteiger partial charge is 0.123 e. The molecule has 0 amide bonds. The molecule has 2 rings (SSSR count). The number of rotatable bonds is 4. The summed E-state index contributed by atoms with van der Waals surface area (Å²) in [5.41, 5.74) is 5.82. The van der Waals surface area contributed by atoms with Gasteiger partial charge >= 0.3 is 0 Å². The Bertz CT molecular complexity index is 633. The Morgan fingerprint density at radius 3 is 2.35 bits per heavy atom. The minimum atomic E-state index is 0.417. The Labute approximate surface area is 120 Å². The van der Waals surface area contributed by atoms with Gasteiger partial charge in [-0.2, -0.15) is 5.26 Å². The molecule has 0 bridgehead atoms. The molecule has 0 N–H and O–H groups in total. The summed E-state index contributed by atoms with van der Waals surface area (Å²) in [4.78, 5) is 0. The van der Waals surface area contributed by atoms with Gasteiger partial charge in [-0.1, -0.05) is 30.3 Å². The van der Waals surface area contributed by atoms with Crippen LogP contribution in [0.4, 0.5) is 0 Å². The van der Waals surface area contributed by atoms with E-state index in [1.807, 2.05) is 25.1 Å². The predicted molar refractivity (Wildman–Crippen MR) is 80.7 cm³/mol. The molecule has 0 saturated heterocycles. The highest BCUT2D eigenvalue weighted by Gasteiger charge is 2.06. The van der Waals surface area contributed by atoms with E-state index in [-0.39, 0.29) is 0 Å². The molecular formula is C18H19NO. The molecule has 20 heavy (non-hydrogen) atoms. The Balaban J connectivity index is 2.19. The highest BCUT2D eigenvalue weighted by Crippen LogP contribution is 2.22. The first-order valence-corrected chi connectivity index (χ1v) is 6.76. The molecule has 0 aromatic heterocycles. The lowest BCUT2D eigenvalue weighted by Gasteiger charge is -2.13. The van der Waals surface area contributed by atoms with Gasteiger partial charge in [0.2, 0.25) is 0 Å². The highest BCUT2D eigenvalue weighted by atomic mass is 16.5. The molecule has 0 heterocycles. The normalized spacial score (nSPS) is 10.1. The zero-order valence-corrected chi connectivity index (χ0v) is 12.2. The van der Waals surface area contributed by atoms with Crippen molar-refractivity contribution in [3.8, 4) is 11.8 Å². The average Bonchev–Trinajstić information content (AvgIpc) is 2.42. The van der Waals surface area contributed by atoms with Gasteiger partial charge < -0.3 is 4.74 Å². The summed E-state index contributed by atoms with van der Waals surface area (Å²) in [6.07, 6.45) is 0.417. The van der Waals surface area contributed by atoms with E-state index < -0.39 is 0 Å². The van der Waals surface area contributed by atoms with Gasteiger partial charge in [-0.3, -0.25) is 0 Å². The maximum Gasteiger partial charge on any atom is 0.123 e. The molecule has 2 nitrogen and oxygen atoms in total. The monoisotopic (exact) mass is 265 g/mol. The Hall–Kier alpha value is -2.27. The van der Waals surface area contributed by atoms with Gasteiger partial charge in [0.05, 0.1) is 12.5 Å². The first-order chi connectivity index (χ1) is 9.61. The Morgan fingerprint density at radius 1 is 1.00 bits per heavy atom. The van der Waals surface area contributed by atoms with Crippen LogP contribution in [0.1, 0.15) is 27.8 Å². The number of nitriles is 1. The fraction of sp³-hybridized carbons (Fsp3) is 0.278. The molecule has 0 aliphatic heterocycles. The van der Waals surface area contributed by atoms with Crippen LogP contribution in [0.3, 0.4) is 0 Å². The van der Waals surface area contributed by atoms with Crippen LogP contribution in [-0.4, -0.2) is 0 Å². The van der Waals surface area contributed by atoms with Gasteiger partial charge in [0.15, 0.2) is 0 Å². The van der Waals surface area contributed by atoms with E-state index >= 15 is 0 Å². The van der Waals surface area contributed by atoms with Crippen LogP contribution in [0.25, 0.3) is 0 Å². The summed E-state index contributed by atoms with van der Waals surface area (Å²) in [5, 5.41) is 8.77. The van der Waals surface area contributed by atoms with Crippen LogP contribution >= 0.6 is 0 Å². The highest BCUT2D eigenvalue weighted by molar-refractivity contribution is 5.39. The molecule has 0 fully saturated rings. The first-order valence-electron chi connectivity index (χ1n) is 6.76. The molecule has 0 radical (unpaired) electrons. The summed E-state index contributed by atoms with van der Waals surface area (Å²) in [6, 6.07) is 14.4. The van der Waals surface area contributed by atoms with Crippen LogP contribution in [0.2, 0.25) is 0 Å². The van der Waals surface area contributed by atoms with E-state index in [1.54, 1.807) is 0 Å². The third-order valence-electron chi connectivity index (χ3n) is 3.55. The van der Waals surface area contributed by atoms with Crippen molar-refractivity contribution in [3.05, 3.63) is 64.2 Å². The van der Waals surface area contributed by atoms with Crippen LogP contribution in [0.5, 0.6) is 5.75 Å². The topological polar surface area (TPSA) is 33.0 Å². The summed E-state index contributed by atoms with van der Waals surface area (Å²) in [7, 11) is 0. The van der Waals surface area contributed by atoms with E-state index in [4.69, 9.17) is 10.00 Å². The molecule has 2 aromatic rings. The van der Waals surface area contributed by atoms with Gasteiger partial charge in [-0.05, 0) is 54.7 Å². The molecule has 102 valence electrons. The van der Waals surface area contributed by atoms with E-state index in [1.165, 1.54) is 16.7 Å². The SMILES string of the molecule is Cc1ccc(CC#N)cc1OCc1c(C)cccc1C. The zero-order valence-electron chi connectivity index (χ0n) is 12.2. The van der Waals surface area contributed by atoms with Crippen molar-refractivity contribution < 1.29 is 4.74 Å². The zero-order chi connectivity index (χ0) is 14.5. The van der Waals surface area contributed by atoms with Crippen molar-refractivity contribution in [2.45, 2.75) is 33.8 Å². The summed E-state index contributed by atoms with van der Waals surface area (Å²) in [5.74, 6) is 0.861. The standard InChI is InChI=1S/C18H19NO/c1-13-5-4-6-14(2)17(13)12-20-18-11-16(9-10-19)8-7-15(18)3/h4-8,11H,9,12H2,1-3H3. The maximum absolute atomic E-state index is 8.77.